The topological polar surface area (TPSA) is 43.8 Å². The second-order valence-electron chi connectivity index (χ2n) is 6.48. The second kappa shape index (κ2) is 7.99. The average Bonchev–Trinajstić information content (AvgIpc) is 2.47. The SMILES string of the molecule is CCCC1CCC(N2CCN(CCC(=O)O)CC2)CC1. The third kappa shape index (κ3) is 4.74. The number of carboxylic acids is 1. The standard InChI is InChI=1S/C16H30N2O2/c1-2-3-14-4-6-15(7-5-14)18-12-10-17(11-13-18)9-8-16(19)20/h14-15H,2-13H2,1H3,(H,19,20). The fourth-order valence-corrected chi connectivity index (χ4v) is 3.81. The predicted octanol–water partition coefficient (Wildman–Crippen LogP) is 2.44. The van der Waals surface area contributed by atoms with Gasteiger partial charge in [-0.15, -0.1) is 0 Å². The van der Waals surface area contributed by atoms with Crippen molar-refractivity contribution in [1.82, 2.24) is 9.80 Å². The minimum absolute atomic E-state index is 0.280. The largest absolute Gasteiger partial charge is 0.481 e. The lowest BCUT2D eigenvalue weighted by Crippen LogP contribution is -2.51. The fraction of sp³-hybridized carbons (Fsp3) is 0.938. The molecule has 4 heteroatoms. The smallest absolute Gasteiger partial charge is 0.304 e. The van der Waals surface area contributed by atoms with Crippen molar-refractivity contribution in [3.63, 3.8) is 0 Å². The van der Waals surface area contributed by atoms with E-state index in [1.165, 1.54) is 38.5 Å². The molecule has 1 saturated heterocycles. The summed E-state index contributed by atoms with van der Waals surface area (Å²) in [5.41, 5.74) is 0. The van der Waals surface area contributed by atoms with Crippen molar-refractivity contribution in [3.8, 4) is 0 Å². The molecule has 0 amide bonds. The number of hydrogen-bond donors (Lipinski definition) is 1. The van der Waals surface area contributed by atoms with Crippen molar-refractivity contribution in [1.29, 1.82) is 0 Å². The Hall–Kier alpha value is -0.610. The first-order valence-corrected chi connectivity index (χ1v) is 8.37. The van der Waals surface area contributed by atoms with Gasteiger partial charge in [0, 0.05) is 38.8 Å². The molecule has 0 aromatic rings. The first-order chi connectivity index (χ1) is 9.69. The zero-order valence-corrected chi connectivity index (χ0v) is 12.9. The molecule has 0 atom stereocenters. The van der Waals surface area contributed by atoms with E-state index in [0.717, 1.165) is 38.1 Å². The van der Waals surface area contributed by atoms with Crippen LogP contribution in [0, 0.1) is 5.92 Å². The van der Waals surface area contributed by atoms with Crippen LogP contribution in [-0.4, -0.2) is 59.6 Å². The summed E-state index contributed by atoms with van der Waals surface area (Å²) in [4.78, 5) is 15.6. The highest BCUT2D eigenvalue weighted by molar-refractivity contribution is 5.66. The van der Waals surface area contributed by atoms with Crippen molar-refractivity contribution < 1.29 is 9.90 Å². The molecule has 20 heavy (non-hydrogen) atoms. The number of aliphatic carboxylic acids is 1. The summed E-state index contributed by atoms with van der Waals surface area (Å²) < 4.78 is 0. The number of rotatable bonds is 6. The van der Waals surface area contributed by atoms with Crippen molar-refractivity contribution >= 4 is 5.97 Å². The number of carbonyl (C=O) groups is 1. The summed E-state index contributed by atoms with van der Waals surface area (Å²) in [6.45, 7) is 7.35. The van der Waals surface area contributed by atoms with Gasteiger partial charge in [-0.05, 0) is 31.6 Å². The molecular weight excluding hydrogens is 252 g/mol. The molecule has 0 spiro atoms. The Labute approximate surface area is 123 Å². The van der Waals surface area contributed by atoms with Gasteiger partial charge in [-0.3, -0.25) is 9.69 Å². The van der Waals surface area contributed by atoms with Gasteiger partial charge in [-0.25, -0.2) is 0 Å². The van der Waals surface area contributed by atoms with Crippen molar-refractivity contribution in [2.24, 2.45) is 5.92 Å². The Morgan fingerprint density at radius 1 is 1.10 bits per heavy atom. The molecule has 4 nitrogen and oxygen atoms in total. The Bertz CT molecular complexity index is 293. The molecule has 0 unspecified atom stereocenters. The molecule has 0 aromatic carbocycles. The van der Waals surface area contributed by atoms with E-state index in [1.807, 2.05) is 0 Å². The normalized spacial score (nSPS) is 29.4. The number of hydrogen-bond acceptors (Lipinski definition) is 3. The summed E-state index contributed by atoms with van der Waals surface area (Å²) >= 11 is 0. The molecule has 2 fully saturated rings. The van der Waals surface area contributed by atoms with E-state index in [-0.39, 0.29) is 6.42 Å². The van der Waals surface area contributed by atoms with Gasteiger partial charge in [-0.1, -0.05) is 19.8 Å². The van der Waals surface area contributed by atoms with Crippen molar-refractivity contribution in [2.75, 3.05) is 32.7 Å². The maximum absolute atomic E-state index is 10.6. The lowest BCUT2D eigenvalue weighted by Gasteiger charge is -2.42. The fourth-order valence-electron chi connectivity index (χ4n) is 3.81. The van der Waals surface area contributed by atoms with Crippen LogP contribution >= 0.6 is 0 Å². The zero-order chi connectivity index (χ0) is 14.4. The van der Waals surface area contributed by atoms with E-state index in [9.17, 15) is 4.79 Å². The third-order valence-corrected chi connectivity index (χ3v) is 5.08. The maximum atomic E-state index is 10.6. The van der Waals surface area contributed by atoms with Gasteiger partial charge in [0.25, 0.3) is 0 Å². The molecule has 2 aliphatic rings. The second-order valence-corrected chi connectivity index (χ2v) is 6.48. The summed E-state index contributed by atoms with van der Waals surface area (Å²) in [5.74, 6) is 0.301. The van der Waals surface area contributed by atoms with E-state index in [2.05, 4.69) is 16.7 Å². The predicted molar refractivity (Wildman–Crippen MR) is 80.9 cm³/mol. The van der Waals surface area contributed by atoms with Gasteiger partial charge in [0.1, 0.15) is 0 Å². The van der Waals surface area contributed by atoms with Crippen molar-refractivity contribution in [3.05, 3.63) is 0 Å². The highest BCUT2D eigenvalue weighted by Gasteiger charge is 2.27. The Kier molecular flexibility index (Phi) is 6.30. The number of piperazine rings is 1. The molecule has 1 heterocycles. The van der Waals surface area contributed by atoms with Gasteiger partial charge >= 0.3 is 5.97 Å². The van der Waals surface area contributed by atoms with E-state index < -0.39 is 5.97 Å². The van der Waals surface area contributed by atoms with Crippen LogP contribution in [0.25, 0.3) is 0 Å². The molecule has 0 radical (unpaired) electrons. The van der Waals surface area contributed by atoms with Crippen LogP contribution < -0.4 is 0 Å². The summed E-state index contributed by atoms with van der Waals surface area (Å²) in [7, 11) is 0. The monoisotopic (exact) mass is 282 g/mol. The Balaban J connectivity index is 1.65. The zero-order valence-electron chi connectivity index (χ0n) is 12.9. The molecule has 2 rings (SSSR count). The van der Waals surface area contributed by atoms with Gasteiger partial charge in [0.05, 0.1) is 6.42 Å². The summed E-state index contributed by atoms with van der Waals surface area (Å²) in [5, 5.41) is 8.73. The van der Waals surface area contributed by atoms with Gasteiger partial charge in [0.2, 0.25) is 0 Å². The molecule has 1 aliphatic heterocycles. The average molecular weight is 282 g/mol. The minimum atomic E-state index is -0.679. The van der Waals surface area contributed by atoms with Crippen LogP contribution in [0.2, 0.25) is 0 Å². The van der Waals surface area contributed by atoms with Crippen LogP contribution in [-0.2, 0) is 4.79 Å². The Morgan fingerprint density at radius 3 is 2.30 bits per heavy atom. The highest BCUT2D eigenvalue weighted by atomic mass is 16.4. The summed E-state index contributed by atoms with van der Waals surface area (Å²) in [6.07, 6.45) is 8.60. The minimum Gasteiger partial charge on any atom is -0.481 e. The van der Waals surface area contributed by atoms with Crippen LogP contribution in [0.3, 0.4) is 0 Å². The van der Waals surface area contributed by atoms with Crippen LogP contribution in [0.5, 0.6) is 0 Å². The van der Waals surface area contributed by atoms with E-state index >= 15 is 0 Å². The molecule has 0 bridgehead atoms. The van der Waals surface area contributed by atoms with Crippen LogP contribution in [0.4, 0.5) is 0 Å². The first kappa shape index (κ1) is 15.8. The molecule has 116 valence electrons. The molecule has 1 saturated carbocycles. The summed E-state index contributed by atoms with van der Waals surface area (Å²) in [6, 6.07) is 0.796. The van der Waals surface area contributed by atoms with Crippen LogP contribution in [0.1, 0.15) is 51.9 Å². The van der Waals surface area contributed by atoms with E-state index in [0.29, 0.717) is 6.54 Å². The lowest BCUT2D eigenvalue weighted by molar-refractivity contribution is -0.137. The molecule has 1 aliphatic carbocycles. The van der Waals surface area contributed by atoms with E-state index in [4.69, 9.17) is 5.11 Å². The highest BCUT2D eigenvalue weighted by Crippen LogP contribution is 2.30. The third-order valence-electron chi connectivity index (χ3n) is 5.08. The lowest BCUT2D eigenvalue weighted by atomic mass is 9.83. The molecule has 0 aromatic heterocycles. The molecule has 1 N–H and O–H groups in total. The van der Waals surface area contributed by atoms with Crippen molar-refractivity contribution in [2.45, 2.75) is 57.9 Å². The maximum Gasteiger partial charge on any atom is 0.304 e. The van der Waals surface area contributed by atoms with Crippen LogP contribution in [0.15, 0.2) is 0 Å². The van der Waals surface area contributed by atoms with Gasteiger partial charge in [0.15, 0.2) is 0 Å². The quantitative estimate of drug-likeness (QED) is 0.812. The Morgan fingerprint density at radius 2 is 1.75 bits per heavy atom. The number of carboxylic acid groups (broad SMARTS) is 1. The number of nitrogens with zero attached hydrogens (tertiary/aromatic N) is 2. The molecular formula is C16H30N2O2. The first-order valence-electron chi connectivity index (χ1n) is 8.37. The van der Waals surface area contributed by atoms with Gasteiger partial charge in [-0.2, -0.15) is 0 Å². The van der Waals surface area contributed by atoms with E-state index in [1.54, 1.807) is 0 Å². The van der Waals surface area contributed by atoms with Gasteiger partial charge < -0.3 is 10.0 Å².